The molecule has 0 amide bonds. The molecule has 1 nitrogen and oxygen atoms in total. The summed E-state index contributed by atoms with van der Waals surface area (Å²) in [7, 11) is 0. The number of phenols is 1. The first kappa shape index (κ1) is 9.11. The van der Waals surface area contributed by atoms with Gasteiger partial charge in [0, 0.05) is 0 Å². The fraction of sp³-hybridized carbons (Fsp3) is 0.364. The summed E-state index contributed by atoms with van der Waals surface area (Å²) in [5, 5.41) is 9.21. The number of rotatable bonds is 3. The molecule has 0 atom stereocenters. The van der Waals surface area contributed by atoms with Crippen molar-refractivity contribution in [2.45, 2.75) is 26.2 Å². The van der Waals surface area contributed by atoms with Gasteiger partial charge in [0.25, 0.3) is 0 Å². The van der Waals surface area contributed by atoms with E-state index in [-0.39, 0.29) is 0 Å². The average Bonchev–Trinajstić information content (AvgIpc) is 2.07. The Hall–Kier alpha value is -0.980. The number of unbranched alkanes of at least 4 members (excludes halogenated alkanes) is 1. The summed E-state index contributed by atoms with van der Waals surface area (Å²) in [6, 6.07) is 5.34. The lowest BCUT2D eigenvalue weighted by atomic mass is 10.0. The lowest BCUT2D eigenvalue weighted by Crippen LogP contribution is -1.88. The van der Waals surface area contributed by atoms with E-state index < -0.39 is 0 Å². The Morgan fingerprint density at radius 1 is 1.42 bits per heavy atom. The minimum Gasteiger partial charge on any atom is -0.508 e. The Kier molecular flexibility index (Phi) is 3.15. The predicted molar refractivity (Wildman–Crippen MR) is 51.2 cm³/mol. The van der Waals surface area contributed by atoms with Crippen LogP contribution in [0.25, 0.3) is 0 Å². The number of benzene rings is 1. The highest BCUT2D eigenvalue weighted by Crippen LogP contribution is 2.17. The minimum atomic E-state index is 0.341. The molecule has 0 fully saturated rings. The van der Waals surface area contributed by atoms with Gasteiger partial charge in [-0.2, -0.15) is 0 Å². The maximum atomic E-state index is 9.21. The summed E-state index contributed by atoms with van der Waals surface area (Å²) >= 11 is 0. The van der Waals surface area contributed by atoms with Crippen LogP contribution in [-0.4, -0.2) is 5.11 Å². The van der Waals surface area contributed by atoms with Gasteiger partial charge in [-0.25, -0.2) is 0 Å². The summed E-state index contributed by atoms with van der Waals surface area (Å²) in [5.74, 6) is 0.341. The van der Waals surface area contributed by atoms with Crippen molar-refractivity contribution >= 4 is 0 Å². The number of hydrogen-bond donors (Lipinski definition) is 1. The highest BCUT2D eigenvalue weighted by Gasteiger charge is 1.98. The SMILES string of the molecule is [CH2]c1ccc(O)cc1CCCC. The molecule has 0 saturated carbocycles. The zero-order chi connectivity index (χ0) is 8.97. The van der Waals surface area contributed by atoms with Gasteiger partial charge in [0.1, 0.15) is 5.75 Å². The van der Waals surface area contributed by atoms with Crippen LogP contribution in [0.5, 0.6) is 5.75 Å². The van der Waals surface area contributed by atoms with Gasteiger partial charge >= 0.3 is 0 Å². The van der Waals surface area contributed by atoms with Crippen LogP contribution in [0.4, 0.5) is 0 Å². The van der Waals surface area contributed by atoms with Crippen molar-refractivity contribution in [3.05, 3.63) is 36.2 Å². The molecule has 12 heavy (non-hydrogen) atoms. The molecular weight excluding hydrogens is 148 g/mol. The molecule has 1 aromatic rings. The van der Waals surface area contributed by atoms with Crippen LogP contribution in [0.1, 0.15) is 30.9 Å². The van der Waals surface area contributed by atoms with E-state index in [0.717, 1.165) is 24.0 Å². The molecule has 0 aliphatic rings. The Morgan fingerprint density at radius 3 is 2.83 bits per heavy atom. The van der Waals surface area contributed by atoms with Crippen molar-refractivity contribution in [2.75, 3.05) is 0 Å². The normalized spacial score (nSPS) is 10.2. The molecule has 0 bridgehead atoms. The summed E-state index contributed by atoms with van der Waals surface area (Å²) in [5.41, 5.74) is 2.19. The Labute approximate surface area is 74.1 Å². The molecule has 65 valence electrons. The summed E-state index contributed by atoms with van der Waals surface area (Å²) in [6.07, 6.45) is 3.35. The van der Waals surface area contributed by atoms with Crippen LogP contribution in [0, 0.1) is 6.92 Å². The molecule has 1 N–H and O–H groups in total. The fourth-order valence-corrected chi connectivity index (χ4v) is 1.21. The van der Waals surface area contributed by atoms with E-state index >= 15 is 0 Å². The van der Waals surface area contributed by atoms with Crippen molar-refractivity contribution in [2.24, 2.45) is 0 Å². The first-order valence-corrected chi connectivity index (χ1v) is 4.38. The van der Waals surface area contributed by atoms with Gasteiger partial charge in [0.2, 0.25) is 0 Å². The zero-order valence-electron chi connectivity index (χ0n) is 7.51. The number of phenolic OH excluding ortho intramolecular Hbond substituents is 1. The molecule has 1 aromatic carbocycles. The molecule has 0 saturated heterocycles. The smallest absolute Gasteiger partial charge is 0.115 e. The Bertz CT molecular complexity index is 253. The second-order valence-corrected chi connectivity index (χ2v) is 3.06. The molecule has 1 heteroatoms. The quantitative estimate of drug-likeness (QED) is 0.726. The third-order valence-corrected chi connectivity index (χ3v) is 1.99. The largest absolute Gasteiger partial charge is 0.508 e. The number of hydrogen-bond acceptors (Lipinski definition) is 1. The van der Waals surface area contributed by atoms with Crippen LogP contribution in [0.3, 0.4) is 0 Å². The van der Waals surface area contributed by atoms with E-state index in [2.05, 4.69) is 13.8 Å². The molecule has 0 aromatic heterocycles. The second kappa shape index (κ2) is 4.15. The summed E-state index contributed by atoms with van der Waals surface area (Å²) in [6.45, 7) is 6.06. The van der Waals surface area contributed by atoms with Gasteiger partial charge in [0.15, 0.2) is 0 Å². The lowest BCUT2D eigenvalue weighted by molar-refractivity contribution is 0.474. The molecule has 0 heterocycles. The molecule has 0 unspecified atom stereocenters. The zero-order valence-corrected chi connectivity index (χ0v) is 7.51. The summed E-state index contributed by atoms with van der Waals surface area (Å²) in [4.78, 5) is 0. The molecule has 0 aliphatic carbocycles. The Morgan fingerprint density at radius 2 is 2.17 bits per heavy atom. The van der Waals surface area contributed by atoms with Crippen LogP contribution in [0.15, 0.2) is 18.2 Å². The van der Waals surface area contributed by atoms with Gasteiger partial charge in [-0.15, -0.1) is 0 Å². The minimum absolute atomic E-state index is 0.341. The van der Waals surface area contributed by atoms with Gasteiger partial charge in [-0.1, -0.05) is 19.4 Å². The van der Waals surface area contributed by atoms with E-state index in [9.17, 15) is 5.11 Å². The molecule has 0 spiro atoms. The van der Waals surface area contributed by atoms with Crippen LogP contribution in [-0.2, 0) is 6.42 Å². The van der Waals surface area contributed by atoms with Crippen molar-refractivity contribution in [1.29, 1.82) is 0 Å². The van der Waals surface area contributed by atoms with Crippen LogP contribution >= 0.6 is 0 Å². The van der Waals surface area contributed by atoms with Crippen molar-refractivity contribution < 1.29 is 5.11 Å². The topological polar surface area (TPSA) is 20.2 Å². The van der Waals surface area contributed by atoms with E-state index in [1.165, 1.54) is 6.42 Å². The van der Waals surface area contributed by atoms with Gasteiger partial charge in [0.05, 0.1) is 0 Å². The van der Waals surface area contributed by atoms with Gasteiger partial charge in [-0.3, -0.25) is 0 Å². The van der Waals surface area contributed by atoms with E-state index in [4.69, 9.17) is 0 Å². The highest BCUT2D eigenvalue weighted by atomic mass is 16.3. The van der Waals surface area contributed by atoms with E-state index in [1.807, 2.05) is 6.07 Å². The Balaban J connectivity index is 2.75. The van der Waals surface area contributed by atoms with E-state index in [1.54, 1.807) is 12.1 Å². The third-order valence-electron chi connectivity index (χ3n) is 1.99. The predicted octanol–water partition coefficient (Wildman–Crippen LogP) is 2.92. The summed E-state index contributed by atoms with van der Waals surface area (Å²) < 4.78 is 0. The third kappa shape index (κ3) is 2.26. The van der Waals surface area contributed by atoms with Crippen LogP contribution in [0.2, 0.25) is 0 Å². The second-order valence-electron chi connectivity index (χ2n) is 3.06. The fourth-order valence-electron chi connectivity index (χ4n) is 1.21. The molecule has 0 aliphatic heterocycles. The molecule has 1 radical (unpaired) electrons. The van der Waals surface area contributed by atoms with Crippen molar-refractivity contribution in [1.82, 2.24) is 0 Å². The molecular formula is C11H15O. The molecule has 1 rings (SSSR count). The van der Waals surface area contributed by atoms with Gasteiger partial charge in [-0.05, 0) is 43.0 Å². The van der Waals surface area contributed by atoms with Crippen LogP contribution < -0.4 is 0 Å². The van der Waals surface area contributed by atoms with Gasteiger partial charge < -0.3 is 5.11 Å². The average molecular weight is 163 g/mol. The number of aryl methyl sites for hydroxylation is 1. The maximum absolute atomic E-state index is 9.21. The maximum Gasteiger partial charge on any atom is 0.115 e. The number of aromatic hydroxyl groups is 1. The van der Waals surface area contributed by atoms with E-state index in [0.29, 0.717) is 5.75 Å². The first-order valence-electron chi connectivity index (χ1n) is 4.38. The lowest BCUT2D eigenvalue weighted by Gasteiger charge is -2.04. The standard InChI is InChI=1S/C11H15O/c1-3-4-5-10-8-11(12)7-6-9(10)2/h6-8,12H,2-5H2,1H3. The van der Waals surface area contributed by atoms with Crippen molar-refractivity contribution in [3.8, 4) is 5.75 Å². The first-order chi connectivity index (χ1) is 5.74. The van der Waals surface area contributed by atoms with Crippen molar-refractivity contribution in [3.63, 3.8) is 0 Å². The monoisotopic (exact) mass is 163 g/mol. The highest BCUT2D eigenvalue weighted by molar-refractivity contribution is 5.36.